The Hall–Kier alpha value is -2.45. The number of carbonyl (C=O) groups is 3. The lowest BCUT2D eigenvalue weighted by Gasteiger charge is -2.36. The van der Waals surface area contributed by atoms with Crippen molar-refractivity contribution in [2.24, 2.45) is 11.1 Å². The zero-order chi connectivity index (χ0) is 24.1. The average Bonchev–Trinajstić information content (AvgIpc) is 3.16. The predicted octanol–water partition coefficient (Wildman–Crippen LogP) is 1.32. The minimum absolute atomic E-state index is 0.146. The van der Waals surface area contributed by atoms with Gasteiger partial charge in [-0.25, -0.2) is 0 Å². The molecule has 3 amide bonds. The lowest BCUT2D eigenvalue weighted by molar-refractivity contribution is -0.144. The topological polar surface area (TPSA) is 117 Å². The van der Waals surface area contributed by atoms with Gasteiger partial charge in [0.05, 0.1) is 12.1 Å². The van der Waals surface area contributed by atoms with Crippen molar-refractivity contribution in [3.63, 3.8) is 0 Å². The van der Waals surface area contributed by atoms with Crippen LogP contribution in [0.1, 0.15) is 59.1 Å². The second-order valence-electron chi connectivity index (χ2n) is 9.70. The quantitative estimate of drug-likeness (QED) is 0.482. The summed E-state index contributed by atoms with van der Waals surface area (Å²) in [6.45, 7) is 9.71. The molecule has 0 aliphatic carbocycles. The maximum absolute atomic E-state index is 13.6. The molecule has 8 heteroatoms. The summed E-state index contributed by atoms with van der Waals surface area (Å²) in [5, 5.41) is 8.85. The van der Waals surface area contributed by atoms with Gasteiger partial charge in [0.25, 0.3) is 0 Å². The molecule has 1 aromatic carbocycles. The molecule has 2 rings (SSSR count). The smallest absolute Gasteiger partial charge is 0.246 e. The number of carbonyl (C=O) groups excluding carboxylic acids is 3. The van der Waals surface area contributed by atoms with Gasteiger partial charge >= 0.3 is 0 Å². The van der Waals surface area contributed by atoms with Crippen LogP contribution in [0.4, 0.5) is 0 Å². The monoisotopic (exact) mass is 445 g/mol. The SMILES string of the molecule is CC[C@@H](NC(=O)[C@@H]1C[C@H](N)CN1C(=O)C(NC(=O)[C@H](C)NC)C(C)(C)C)c1ccccc1. The molecule has 5 N–H and O–H groups in total. The van der Waals surface area contributed by atoms with Crippen LogP contribution in [0, 0.1) is 5.41 Å². The molecular formula is C24H39N5O3. The highest BCUT2D eigenvalue weighted by atomic mass is 16.2. The summed E-state index contributed by atoms with van der Waals surface area (Å²) in [6, 6.07) is 7.45. The molecule has 0 radical (unpaired) electrons. The van der Waals surface area contributed by atoms with Crippen molar-refractivity contribution < 1.29 is 14.4 Å². The summed E-state index contributed by atoms with van der Waals surface area (Å²) in [4.78, 5) is 40.9. The predicted molar refractivity (Wildman–Crippen MR) is 126 cm³/mol. The first-order valence-electron chi connectivity index (χ1n) is 11.4. The van der Waals surface area contributed by atoms with Crippen LogP contribution < -0.4 is 21.7 Å². The third-order valence-electron chi connectivity index (χ3n) is 6.07. The molecule has 1 heterocycles. The van der Waals surface area contributed by atoms with Gasteiger partial charge < -0.3 is 26.6 Å². The first-order chi connectivity index (χ1) is 15.0. The molecule has 178 valence electrons. The summed E-state index contributed by atoms with van der Waals surface area (Å²) < 4.78 is 0. The molecule has 1 unspecified atom stereocenters. The Kier molecular flexibility index (Phi) is 8.81. The first kappa shape index (κ1) is 25.8. The van der Waals surface area contributed by atoms with E-state index in [0.717, 1.165) is 12.0 Å². The fourth-order valence-corrected chi connectivity index (χ4v) is 3.95. The lowest BCUT2D eigenvalue weighted by atomic mass is 9.85. The molecule has 0 saturated carbocycles. The van der Waals surface area contributed by atoms with E-state index in [1.54, 1.807) is 14.0 Å². The number of likely N-dealkylation sites (N-methyl/N-ethyl adjacent to an activating group) is 1. The van der Waals surface area contributed by atoms with Crippen LogP contribution in [0.2, 0.25) is 0 Å². The highest BCUT2D eigenvalue weighted by Gasteiger charge is 2.44. The van der Waals surface area contributed by atoms with Crippen LogP contribution in [0.3, 0.4) is 0 Å². The Balaban J connectivity index is 2.22. The largest absolute Gasteiger partial charge is 0.348 e. The van der Waals surface area contributed by atoms with Gasteiger partial charge in [0.1, 0.15) is 12.1 Å². The number of benzene rings is 1. The molecule has 32 heavy (non-hydrogen) atoms. The van der Waals surface area contributed by atoms with E-state index in [-0.39, 0.29) is 36.3 Å². The fraction of sp³-hybridized carbons (Fsp3) is 0.625. The number of nitrogens with zero attached hydrogens (tertiary/aromatic N) is 1. The standard InChI is InChI=1S/C24H39N5O3/c1-7-18(16-11-9-8-10-12-16)27-22(31)19-13-17(25)14-29(19)23(32)20(24(3,4)5)28-21(30)15(2)26-6/h8-12,15,17-20,26H,7,13-14,25H2,1-6H3,(H,27,31)(H,28,30)/t15-,17-,18+,19-,20?/m0/s1. The highest BCUT2D eigenvalue weighted by molar-refractivity contribution is 5.94. The summed E-state index contributed by atoms with van der Waals surface area (Å²) >= 11 is 0. The number of hydrogen-bond donors (Lipinski definition) is 4. The average molecular weight is 446 g/mol. The van der Waals surface area contributed by atoms with Gasteiger partial charge in [0, 0.05) is 12.6 Å². The van der Waals surface area contributed by atoms with Crippen LogP contribution in [-0.4, -0.2) is 60.4 Å². The van der Waals surface area contributed by atoms with Gasteiger partial charge in [0.2, 0.25) is 17.7 Å². The van der Waals surface area contributed by atoms with Crippen molar-refractivity contribution in [3.05, 3.63) is 35.9 Å². The van der Waals surface area contributed by atoms with Crippen LogP contribution >= 0.6 is 0 Å². The third-order valence-corrected chi connectivity index (χ3v) is 6.07. The van der Waals surface area contributed by atoms with E-state index in [1.165, 1.54) is 4.90 Å². The van der Waals surface area contributed by atoms with Gasteiger partial charge in [-0.2, -0.15) is 0 Å². The molecule has 0 aromatic heterocycles. The number of likely N-dealkylation sites (tertiary alicyclic amines) is 1. The minimum atomic E-state index is -0.775. The first-order valence-corrected chi connectivity index (χ1v) is 11.4. The van der Waals surface area contributed by atoms with E-state index in [2.05, 4.69) is 16.0 Å². The number of nitrogens with one attached hydrogen (secondary N) is 3. The summed E-state index contributed by atoms with van der Waals surface area (Å²) in [5.74, 6) is -0.764. The van der Waals surface area contributed by atoms with Crippen molar-refractivity contribution >= 4 is 17.7 Å². The van der Waals surface area contributed by atoms with E-state index in [4.69, 9.17) is 5.73 Å². The zero-order valence-electron chi connectivity index (χ0n) is 20.1. The van der Waals surface area contributed by atoms with Gasteiger partial charge in [-0.3, -0.25) is 14.4 Å². The molecule has 1 fully saturated rings. The fourth-order valence-electron chi connectivity index (χ4n) is 3.95. The van der Waals surface area contributed by atoms with Crippen molar-refractivity contribution in [2.45, 2.75) is 77.7 Å². The van der Waals surface area contributed by atoms with Crippen molar-refractivity contribution in [2.75, 3.05) is 13.6 Å². The Bertz CT molecular complexity index is 793. The molecule has 8 nitrogen and oxygen atoms in total. The Morgan fingerprint density at radius 3 is 2.31 bits per heavy atom. The van der Waals surface area contributed by atoms with Gasteiger partial charge in [-0.15, -0.1) is 0 Å². The van der Waals surface area contributed by atoms with E-state index >= 15 is 0 Å². The van der Waals surface area contributed by atoms with Crippen LogP contribution in [0.5, 0.6) is 0 Å². The van der Waals surface area contributed by atoms with Crippen molar-refractivity contribution in [1.82, 2.24) is 20.9 Å². The van der Waals surface area contributed by atoms with E-state index in [9.17, 15) is 14.4 Å². The van der Waals surface area contributed by atoms with Crippen molar-refractivity contribution in [3.8, 4) is 0 Å². The number of nitrogens with two attached hydrogens (primary N) is 1. The number of rotatable bonds is 8. The van der Waals surface area contributed by atoms with E-state index in [0.29, 0.717) is 6.42 Å². The van der Waals surface area contributed by atoms with Crippen LogP contribution in [0.15, 0.2) is 30.3 Å². The van der Waals surface area contributed by atoms with Gasteiger partial charge in [0.15, 0.2) is 0 Å². The summed E-state index contributed by atoms with van der Waals surface area (Å²) in [5.41, 5.74) is 6.65. The second kappa shape index (κ2) is 10.9. The molecule has 1 aliphatic heterocycles. The molecule has 1 aromatic rings. The van der Waals surface area contributed by atoms with Crippen LogP contribution in [-0.2, 0) is 14.4 Å². The molecule has 1 saturated heterocycles. The molecule has 5 atom stereocenters. The molecular weight excluding hydrogens is 406 g/mol. The summed E-state index contributed by atoms with van der Waals surface area (Å²) in [7, 11) is 1.69. The van der Waals surface area contributed by atoms with E-state index < -0.39 is 23.5 Å². The van der Waals surface area contributed by atoms with E-state index in [1.807, 2.05) is 58.0 Å². The van der Waals surface area contributed by atoms with Gasteiger partial charge in [-0.1, -0.05) is 58.0 Å². The highest BCUT2D eigenvalue weighted by Crippen LogP contribution is 2.26. The normalized spacial score (nSPS) is 21.5. The maximum atomic E-state index is 13.6. The number of amides is 3. The third kappa shape index (κ3) is 6.29. The molecule has 0 spiro atoms. The molecule has 1 aliphatic rings. The summed E-state index contributed by atoms with van der Waals surface area (Å²) in [6.07, 6.45) is 1.12. The Labute approximate surface area is 191 Å². The lowest BCUT2D eigenvalue weighted by Crippen LogP contribution is -2.59. The maximum Gasteiger partial charge on any atom is 0.246 e. The Morgan fingerprint density at radius 2 is 1.78 bits per heavy atom. The molecule has 0 bridgehead atoms. The second-order valence-corrected chi connectivity index (χ2v) is 9.70. The van der Waals surface area contributed by atoms with Crippen molar-refractivity contribution in [1.29, 1.82) is 0 Å². The zero-order valence-corrected chi connectivity index (χ0v) is 20.1. The number of hydrogen-bond acceptors (Lipinski definition) is 5. The Morgan fingerprint density at radius 1 is 1.16 bits per heavy atom. The minimum Gasteiger partial charge on any atom is -0.348 e. The van der Waals surface area contributed by atoms with Gasteiger partial charge in [-0.05, 0) is 37.8 Å². The van der Waals surface area contributed by atoms with Crippen LogP contribution in [0.25, 0.3) is 0 Å².